The van der Waals surface area contributed by atoms with Crippen LogP contribution in [0.1, 0.15) is 46.1 Å². The lowest BCUT2D eigenvalue weighted by atomic mass is 9.86. The van der Waals surface area contributed by atoms with Gasteiger partial charge in [-0.1, -0.05) is 32.9 Å². The third-order valence-electron chi connectivity index (χ3n) is 4.00. The molecule has 1 aliphatic rings. The molecule has 2 rings (SSSR count). The number of benzene rings is 1. The van der Waals surface area contributed by atoms with Gasteiger partial charge in [-0.05, 0) is 42.9 Å². The maximum Gasteiger partial charge on any atom is 0.0366 e. The van der Waals surface area contributed by atoms with E-state index in [-0.39, 0.29) is 11.0 Å². The van der Waals surface area contributed by atoms with Gasteiger partial charge in [0.05, 0.1) is 0 Å². The Balaban J connectivity index is 2.07. The monoisotopic (exact) mass is 246 g/mol. The second kappa shape index (κ2) is 4.58. The third kappa shape index (κ3) is 3.05. The Kier molecular flexibility index (Phi) is 3.41. The van der Waals surface area contributed by atoms with Gasteiger partial charge in [0.15, 0.2) is 0 Å². The summed E-state index contributed by atoms with van der Waals surface area (Å²) < 4.78 is 0. The number of hydrogen-bond donors (Lipinski definition) is 1. The Hall–Kier alpha value is -1.02. The first-order valence-corrected chi connectivity index (χ1v) is 6.92. The first kappa shape index (κ1) is 13.4. The minimum Gasteiger partial charge on any atom is -0.371 e. The minimum atomic E-state index is 0.0296. The number of piperidine rings is 1. The highest BCUT2D eigenvalue weighted by molar-refractivity contribution is 5.49. The summed E-state index contributed by atoms with van der Waals surface area (Å²) in [5.74, 6) is 0. The molecule has 0 atom stereocenters. The van der Waals surface area contributed by atoms with Crippen LogP contribution in [0.5, 0.6) is 0 Å². The fraction of sp³-hybridized carbons (Fsp3) is 0.625. The second-order valence-electron chi connectivity index (χ2n) is 6.94. The van der Waals surface area contributed by atoms with Crippen LogP contribution < -0.4 is 10.6 Å². The molecule has 1 heterocycles. The lowest BCUT2D eigenvalue weighted by Crippen LogP contribution is -2.48. The van der Waals surface area contributed by atoms with Gasteiger partial charge in [0.2, 0.25) is 0 Å². The smallest absolute Gasteiger partial charge is 0.0366 e. The lowest BCUT2D eigenvalue weighted by Gasteiger charge is -2.38. The summed E-state index contributed by atoms with van der Waals surface area (Å²) in [5, 5.41) is 0. The molecule has 1 aromatic rings. The van der Waals surface area contributed by atoms with E-state index in [1.807, 2.05) is 0 Å². The molecule has 0 aromatic heterocycles. The van der Waals surface area contributed by atoms with Crippen LogP contribution in [0.3, 0.4) is 0 Å². The van der Waals surface area contributed by atoms with E-state index in [0.29, 0.717) is 0 Å². The molecular formula is C16H26N2. The molecule has 2 N–H and O–H groups in total. The minimum absolute atomic E-state index is 0.0296. The number of hydrogen-bond acceptors (Lipinski definition) is 2. The van der Waals surface area contributed by atoms with E-state index in [0.717, 1.165) is 25.9 Å². The van der Waals surface area contributed by atoms with Crippen molar-refractivity contribution in [1.82, 2.24) is 0 Å². The van der Waals surface area contributed by atoms with Gasteiger partial charge in [-0.2, -0.15) is 0 Å². The zero-order chi connectivity index (χ0) is 13.4. The topological polar surface area (TPSA) is 29.3 Å². The number of nitrogens with zero attached hydrogens (tertiary/aromatic N) is 1. The van der Waals surface area contributed by atoms with Gasteiger partial charge in [0.1, 0.15) is 0 Å². The number of nitrogens with two attached hydrogens (primary N) is 1. The Morgan fingerprint density at radius 1 is 1.06 bits per heavy atom. The standard InChI is InChI=1S/C16H26N2/c1-15(2,3)13-5-7-14(8-6-13)18-11-9-16(4,17)10-12-18/h5-8H,9-12,17H2,1-4H3. The van der Waals surface area contributed by atoms with E-state index in [1.165, 1.54) is 11.3 Å². The molecule has 2 heteroatoms. The molecule has 1 fully saturated rings. The molecule has 0 radical (unpaired) electrons. The Morgan fingerprint density at radius 2 is 1.56 bits per heavy atom. The summed E-state index contributed by atoms with van der Waals surface area (Å²) in [4.78, 5) is 2.45. The molecular weight excluding hydrogens is 220 g/mol. The Bertz CT molecular complexity index is 388. The first-order chi connectivity index (χ1) is 8.28. The molecule has 100 valence electrons. The van der Waals surface area contributed by atoms with E-state index in [9.17, 15) is 0 Å². The van der Waals surface area contributed by atoms with Crippen LogP contribution >= 0.6 is 0 Å². The van der Waals surface area contributed by atoms with Crippen molar-refractivity contribution in [2.24, 2.45) is 5.73 Å². The first-order valence-electron chi connectivity index (χ1n) is 6.92. The van der Waals surface area contributed by atoms with Gasteiger partial charge in [-0.3, -0.25) is 0 Å². The van der Waals surface area contributed by atoms with Gasteiger partial charge in [0.25, 0.3) is 0 Å². The normalized spacial score (nSPS) is 19.9. The van der Waals surface area contributed by atoms with Crippen LogP contribution in [-0.2, 0) is 5.41 Å². The number of rotatable bonds is 1. The molecule has 0 amide bonds. The van der Waals surface area contributed by atoms with Gasteiger partial charge in [-0.25, -0.2) is 0 Å². The molecule has 0 saturated carbocycles. The fourth-order valence-corrected chi connectivity index (χ4v) is 2.45. The average Bonchev–Trinajstić information content (AvgIpc) is 2.28. The molecule has 18 heavy (non-hydrogen) atoms. The van der Waals surface area contributed by atoms with Crippen molar-refractivity contribution in [1.29, 1.82) is 0 Å². The molecule has 1 aromatic carbocycles. The Labute approximate surface area is 111 Å². The van der Waals surface area contributed by atoms with Crippen LogP contribution in [0.15, 0.2) is 24.3 Å². The zero-order valence-electron chi connectivity index (χ0n) is 12.2. The highest BCUT2D eigenvalue weighted by atomic mass is 15.1. The SMILES string of the molecule is CC1(N)CCN(c2ccc(C(C)(C)C)cc2)CC1. The fourth-order valence-electron chi connectivity index (χ4n) is 2.45. The van der Waals surface area contributed by atoms with Crippen molar-refractivity contribution in [2.75, 3.05) is 18.0 Å². The van der Waals surface area contributed by atoms with Crippen molar-refractivity contribution >= 4 is 5.69 Å². The van der Waals surface area contributed by atoms with Crippen LogP contribution in [-0.4, -0.2) is 18.6 Å². The molecule has 0 aliphatic carbocycles. The Morgan fingerprint density at radius 3 is 2.00 bits per heavy atom. The van der Waals surface area contributed by atoms with Crippen molar-refractivity contribution < 1.29 is 0 Å². The maximum absolute atomic E-state index is 6.17. The van der Waals surface area contributed by atoms with E-state index >= 15 is 0 Å². The number of anilines is 1. The largest absolute Gasteiger partial charge is 0.371 e. The van der Waals surface area contributed by atoms with Crippen LogP contribution in [0, 0.1) is 0 Å². The highest BCUT2D eigenvalue weighted by Crippen LogP contribution is 2.27. The van der Waals surface area contributed by atoms with Gasteiger partial charge in [-0.15, -0.1) is 0 Å². The van der Waals surface area contributed by atoms with E-state index in [4.69, 9.17) is 5.73 Å². The zero-order valence-corrected chi connectivity index (χ0v) is 12.2. The molecule has 2 nitrogen and oxygen atoms in total. The summed E-state index contributed by atoms with van der Waals surface area (Å²) >= 11 is 0. The van der Waals surface area contributed by atoms with Gasteiger partial charge < -0.3 is 10.6 Å². The summed E-state index contributed by atoms with van der Waals surface area (Å²) in [6, 6.07) is 9.01. The molecule has 1 saturated heterocycles. The van der Waals surface area contributed by atoms with Crippen LogP contribution in [0.2, 0.25) is 0 Å². The molecule has 0 spiro atoms. The van der Waals surface area contributed by atoms with Crippen LogP contribution in [0.25, 0.3) is 0 Å². The predicted octanol–water partition coefficient (Wildman–Crippen LogP) is 3.30. The summed E-state index contributed by atoms with van der Waals surface area (Å²) in [6.45, 7) is 11.1. The van der Waals surface area contributed by atoms with E-state index in [2.05, 4.69) is 56.9 Å². The summed E-state index contributed by atoms with van der Waals surface area (Å²) in [7, 11) is 0. The van der Waals surface area contributed by atoms with Crippen molar-refractivity contribution in [3.63, 3.8) is 0 Å². The molecule has 1 aliphatic heterocycles. The van der Waals surface area contributed by atoms with Crippen molar-refractivity contribution in [2.45, 2.75) is 51.5 Å². The van der Waals surface area contributed by atoms with E-state index in [1.54, 1.807) is 0 Å². The molecule has 0 bridgehead atoms. The average molecular weight is 246 g/mol. The van der Waals surface area contributed by atoms with Gasteiger partial charge >= 0.3 is 0 Å². The summed E-state index contributed by atoms with van der Waals surface area (Å²) in [5.41, 5.74) is 9.16. The molecule has 0 unspecified atom stereocenters. The third-order valence-corrected chi connectivity index (χ3v) is 4.00. The van der Waals surface area contributed by atoms with Gasteiger partial charge in [0, 0.05) is 24.3 Å². The van der Waals surface area contributed by atoms with Crippen molar-refractivity contribution in [3.8, 4) is 0 Å². The second-order valence-corrected chi connectivity index (χ2v) is 6.94. The van der Waals surface area contributed by atoms with Crippen molar-refractivity contribution in [3.05, 3.63) is 29.8 Å². The highest BCUT2D eigenvalue weighted by Gasteiger charge is 2.26. The van der Waals surface area contributed by atoms with Crippen LogP contribution in [0.4, 0.5) is 5.69 Å². The quantitative estimate of drug-likeness (QED) is 0.824. The van der Waals surface area contributed by atoms with E-state index < -0.39 is 0 Å². The summed E-state index contributed by atoms with van der Waals surface area (Å²) in [6.07, 6.45) is 2.15. The lowest BCUT2D eigenvalue weighted by molar-refractivity contribution is 0.364. The predicted molar refractivity (Wildman–Crippen MR) is 79.2 cm³/mol. The maximum atomic E-state index is 6.17.